The molecule has 0 atom stereocenters. The Hall–Kier alpha value is -1.91. The molecular formula is C14H18FNO3. The summed E-state index contributed by atoms with van der Waals surface area (Å²) < 4.78 is 13.2. The first-order valence-electron chi connectivity index (χ1n) is 6.18. The number of carbonyl (C=O) groups is 2. The van der Waals surface area contributed by atoms with Crippen molar-refractivity contribution in [1.82, 2.24) is 5.32 Å². The Bertz CT molecular complexity index is 495. The van der Waals surface area contributed by atoms with Crippen molar-refractivity contribution in [2.45, 2.75) is 39.2 Å². The van der Waals surface area contributed by atoms with E-state index in [0.29, 0.717) is 5.56 Å². The molecule has 0 radical (unpaired) electrons. The number of carbonyl (C=O) groups excluding carboxylic acids is 1. The van der Waals surface area contributed by atoms with Crippen molar-refractivity contribution < 1.29 is 19.1 Å². The number of aryl methyl sites for hydroxylation is 1. The van der Waals surface area contributed by atoms with Crippen LogP contribution in [0.4, 0.5) is 4.39 Å². The molecular weight excluding hydrogens is 249 g/mol. The van der Waals surface area contributed by atoms with Crippen molar-refractivity contribution >= 4 is 11.9 Å². The molecule has 0 saturated heterocycles. The third-order valence-corrected chi connectivity index (χ3v) is 3.41. The Morgan fingerprint density at radius 2 is 1.89 bits per heavy atom. The highest BCUT2D eigenvalue weighted by molar-refractivity contribution is 5.98. The van der Waals surface area contributed by atoms with Crippen LogP contribution in [0, 0.1) is 12.7 Å². The van der Waals surface area contributed by atoms with Gasteiger partial charge in [-0.3, -0.25) is 4.79 Å². The van der Waals surface area contributed by atoms with E-state index < -0.39 is 23.2 Å². The van der Waals surface area contributed by atoms with Crippen molar-refractivity contribution in [3.05, 3.63) is 35.1 Å². The zero-order valence-corrected chi connectivity index (χ0v) is 11.3. The van der Waals surface area contributed by atoms with Crippen molar-refractivity contribution in [2.75, 3.05) is 0 Å². The molecule has 0 heterocycles. The number of halogens is 1. The fourth-order valence-corrected chi connectivity index (χ4v) is 1.91. The summed E-state index contributed by atoms with van der Waals surface area (Å²) in [5.74, 6) is -2.17. The molecule has 4 nitrogen and oxygen atoms in total. The summed E-state index contributed by atoms with van der Waals surface area (Å²) in [5.41, 5.74) is -0.548. The van der Waals surface area contributed by atoms with E-state index in [-0.39, 0.29) is 18.4 Å². The zero-order valence-electron chi connectivity index (χ0n) is 11.3. The molecule has 0 bridgehead atoms. The molecule has 5 heteroatoms. The van der Waals surface area contributed by atoms with E-state index in [0.717, 1.165) is 6.07 Å². The summed E-state index contributed by atoms with van der Waals surface area (Å²) in [7, 11) is 0. The molecule has 0 saturated carbocycles. The molecule has 0 fully saturated rings. The van der Waals surface area contributed by atoms with Crippen LogP contribution in [0.25, 0.3) is 0 Å². The third kappa shape index (κ3) is 3.10. The first-order chi connectivity index (χ1) is 8.86. The number of hydrogen-bond acceptors (Lipinski definition) is 2. The second kappa shape index (κ2) is 5.82. The van der Waals surface area contributed by atoms with Gasteiger partial charge in [-0.15, -0.1) is 0 Å². The first kappa shape index (κ1) is 15.1. The van der Waals surface area contributed by atoms with Crippen molar-refractivity contribution in [1.29, 1.82) is 0 Å². The topological polar surface area (TPSA) is 66.4 Å². The molecule has 0 aliphatic heterocycles. The maximum absolute atomic E-state index is 13.2. The number of aliphatic carboxylic acids is 1. The van der Waals surface area contributed by atoms with Gasteiger partial charge in [-0.1, -0.05) is 19.9 Å². The number of benzene rings is 1. The number of amides is 1. The van der Waals surface area contributed by atoms with Gasteiger partial charge in [0.15, 0.2) is 0 Å². The summed E-state index contributed by atoms with van der Waals surface area (Å²) in [6.07, 6.45) is 0.526. The Kier molecular flexibility index (Phi) is 4.64. The summed E-state index contributed by atoms with van der Waals surface area (Å²) in [5, 5.41) is 11.8. The molecule has 0 aliphatic rings. The average Bonchev–Trinajstić information content (AvgIpc) is 2.38. The lowest BCUT2D eigenvalue weighted by Crippen LogP contribution is -2.53. The largest absolute Gasteiger partial charge is 0.480 e. The first-order valence-corrected chi connectivity index (χ1v) is 6.18. The molecule has 104 valence electrons. The zero-order chi connectivity index (χ0) is 14.6. The normalized spacial score (nSPS) is 11.2. The standard InChI is InChI=1S/C14H18FNO3/c1-4-14(5-2,13(18)19)16-12(17)11-8-10(15)7-6-9(11)3/h6-8H,4-5H2,1-3H3,(H,16,17)(H,18,19). The number of rotatable bonds is 5. The van der Waals surface area contributed by atoms with Crippen LogP contribution in [0.2, 0.25) is 0 Å². The lowest BCUT2D eigenvalue weighted by atomic mass is 9.92. The molecule has 1 rings (SSSR count). The highest BCUT2D eigenvalue weighted by Gasteiger charge is 2.36. The number of hydrogen-bond donors (Lipinski definition) is 2. The predicted molar refractivity (Wildman–Crippen MR) is 69.6 cm³/mol. The van der Waals surface area contributed by atoms with Gasteiger partial charge in [0, 0.05) is 5.56 Å². The number of carboxylic acids is 1. The molecule has 0 spiro atoms. The minimum absolute atomic E-state index is 0.160. The van der Waals surface area contributed by atoms with Gasteiger partial charge >= 0.3 is 5.97 Å². The fourth-order valence-electron chi connectivity index (χ4n) is 1.91. The van der Waals surface area contributed by atoms with Gasteiger partial charge in [-0.2, -0.15) is 0 Å². The number of nitrogens with one attached hydrogen (secondary N) is 1. The van der Waals surface area contributed by atoms with Gasteiger partial charge < -0.3 is 10.4 Å². The van der Waals surface area contributed by atoms with E-state index in [1.807, 2.05) is 0 Å². The van der Waals surface area contributed by atoms with Crippen LogP contribution < -0.4 is 5.32 Å². The summed E-state index contributed by atoms with van der Waals surface area (Å²) in [6.45, 7) is 5.06. The Labute approximate surface area is 111 Å². The van der Waals surface area contributed by atoms with Gasteiger partial charge in [0.25, 0.3) is 5.91 Å². The van der Waals surface area contributed by atoms with E-state index in [4.69, 9.17) is 0 Å². The minimum Gasteiger partial charge on any atom is -0.480 e. The smallest absolute Gasteiger partial charge is 0.329 e. The lowest BCUT2D eigenvalue weighted by Gasteiger charge is -2.28. The monoisotopic (exact) mass is 267 g/mol. The van der Waals surface area contributed by atoms with Gasteiger partial charge in [-0.25, -0.2) is 9.18 Å². The molecule has 19 heavy (non-hydrogen) atoms. The van der Waals surface area contributed by atoms with E-state index in [1.54, 1.807) is 20.8 Å². The van der Waals surface area contributed by atoms with E-state index >= 15 is 0 Å². The van der Waals surface area contributed by atoms with Crippen LogP contribution in [0.5, 0.6) is 0 Å². The minimum atomic E-state index is -1.31. The van der Waals surface area contributed by atoms with Crippen LogP contribution in [0.15, 0.2) is 18.2 Å². The molecule has 1 aromatic carbocycles. The average molecular weight is 267 g/mol. The van der Waals surface area contributed by atoms with E-state index in [2.05, 4.69) is 5.32 Å². The van der Waals surface area contributed by atoms with Gasteiger partial charge in [0.05, 0.1) is 0 Å². The Balaban J connectivity index is 3.07. The highest BCUT2D eigenvalue weighted by Crippen LogP contribution is 2.18. The van der Waals surface area contributed by atoms with E-state index in [9.17, 15) is 19.1 Å². The molecule has 0 aliphatic carbocycles. The molecule has 1 amide bonds. The van der Waals surface area contributed by atoms with Crippen LogP contribution in [0.1, 0.15) is 42.6 Å². The van der Waals surface area contributed by atoms with Crippen molar-refractivity contribution in [3.63, 3.8) is 0 Å². The number of carboxylic acid groups (broad SMARTS) is 1. The van der Waals surface area contributed by atoms with Gasteiger partial charge in [-0.05, 0) is 37.5 Å². The SMILES string of the molecule is CCC(CC)(NC(=O)c1cc(F)ccc1C)C(=O)O. The molecule has 0 aromatic heterocycles. The van der Waals surface area contributed by atoms with E-state index in [1.165, 1.54) is 12.1 Å². The molecule has 1 aromatic rings. The maximum atomic E-state index is 13.2. The molecule has 0 unspecified atom stereocenters. The van der Waals surface area contributed by atoms with Gasteiger partial charge in [0.2, 0.25) is 0 Å². The second-order valence-electron chi connectivity index (χ2n) is 4.51. The third-order valence-electron chi connectivity index (χ3n) is 3.41. The summed E-state index contributed by atoms with van der Waals surface area (Å²) in [4.78, 5) is 23.4. The quantitative estimate of drug-likeness (QED) is 0.861. The van der Waals surface area contributed by atoms with Crippen LogP contribution >= 0.6 is 0 Å². The van der Waals surface area contributed by atoms with Gasteiger partial charge in [0.1, 0.15) is 11.4 Å². The van der Waals surface area contributed by atoms with Crippen LogP contribution in [-0.4, -0.2) is 22.5 Å². The van der Waals surface area contributed by atoms with Crippen molar-refractivity contribution in [2.24, 2.45) is 0 Å². The fraction of sp³-hybridized carbons (Fsp3) is 0.429. The van der Waals surface area contributed by atoms with Crippen LogP contribution in [-0.2, 0) is 4.79 Å². The second-order valence-corrected chi connectivity index (χ2v) is 4.51. The summed E-state index contributed by atoms with van der Waals surface area (Å²) >= 11 is 0. The maximum Gasteiger partial charge on any atom is 0.329 e. The highest BCUT2D eigenvalue weighted by atomic mass is 19.1. The van der Waals surface area contributed by atoms with Crippen molar-refractivity contribution in [3.8, 4) is 0 Å². The lowest BCUT2D eigenvalue weighted by molar-refractivity contribution is -0.144. The predicted octanol–water partition coefficient (Wildman–Crippen LogP) is 2.51. The summed E-state index contributed by atoms with van der Waals surface area (Å²) in [6, 6.07) is 3.86. The Morgan fingerprint density at radius 3 is 2.37 bits per heavy atom. The van der Waals surface area contributed by atoms with Crippen LogP contribution in [0.3, 0.4) is 0 Å². The molecule has 2 N–H and O–H groups in total. The Morgan fingerprint density at radius 1 is 1.32 bits per heavy atom.